The number of amides is 1. The lowest BCUT2D eigenvalue weighted by atomic mass is 10.1. The fourth-order valence-corrected chi connectivity index (χ4v) is 4.98. The molecule has 3 rings (SSSR count). The minimum absolute atomic E-state index is 0.0263. The molecule has 6 nitrogen and oxygen atoms in total. The van der Waals surface area contributed by atoms with Gasteiger partial charge in [0, 0.05) is 31.2 Å². The van der Waals surface area contributed by atoms with Gasteiger partial charge in [-0.25, -0.2) is 8.42 Å². The van der Waals surface area contributed by atoms with Crippen molar-refractivity contribution >= 4 is 15.9 Å². The Morgan fingerprint density at radius 2 is 1.75 bits per heavy atom. The standard InChI is InChI=1S/C17H24N2O4S/c1-14-4-2-3-9-19(14)24(21,22)16-7-5-15(6-8-16)17(20)18-10-12-23-13-11-18/h5-8,14H,2-4,9-13H2,1H3/t14-/m0/s1. The van der Waals surface area contributed by atoms with E-state index in [4.69, 9.17) is 4.74 Å². The molecular formula is C17H24N2O4S. The van der Waals surface area contributed by atoms with Gasteiger partial charge < -0.3 is 9.64 Å². The predicted octanol–water partition coefficient (Wildman–Crippen LogP) is 1.72. The molecule has 24 heavy (non-hydrogen) atoms. The van der Waals surface area contributed by atoms with Gasteiger partial charge in [-0.15, -0.1) is 0 Å². The molecule has 2 aliphatic heterocycles. The van der Waals surface area contributed by atoms with Gasteiger partial charge in [-0.05, 0) is 44.0 Å². The van der Waals surface area contributed by atoms with Gasteiger partial charge in [-0.2, -0.15) is 4.31 Å². The van der Waals surface area contributed by atoms with Crippen LogP contribution in [0.15, 0.2) is 29.2 Å². The van der Waals surface area contributed by atoms with Gasteiger partial charge in [0.15, 0.2) is 0 Å². The second kappa shape index (κ2) is 7.21. The van der Waals surface area contributed by atoms with Crippen LogP contribution in [0.3, 0.4) is 0 Å². The fourth-order valence-electron chi connectivity index (χ4n) is 3.28. The number of piperidine rings is 1. The molecule has 0 saturated carbocycles. The van der Waals surface area contributed by atoms with E-state index in [2.05, 4.69) is 0 Å². The molecule has 2 saturated heterocycles. The highest BCUT2D eigenvalue weighted by molar-refractivity contribution is 7.89. The van der Waals surface area contributed by atoms with Crippen molar-refractivity contribution < 1.29 is 17.9 Å². The summed E-state index contributed by atoms with van der Waals surface area (Å²) in [5.41, 5.74) is 0.516. The molecule has 1 aromatic carbocycles. The van der Waals surface area contributed by atoms with E-state index in [1.165, 1.54) is 0 Å². The Kier molecular flexibility index (Phi) is 5.22. The van der Waals surface area contributed by atoms with E-state index < -0.39 is 10.0 Å². The second-order valence-electron chi connectivity index (χ2n) is 6.39. The molecule has 0 spiro atoms. The van der Waals surface area contributed by atoms with Crippen LogP contribution in [0.1, 0.15) is 36.5 Å². The minimum Gasteiger partial charge on any atom is -0.378 e. The quantitative estimate of drug-likeness (QED) is 0.831. The maximum Gasteiger partial charge on any atom is 0.254 e. The summed E-state index contributed by atoms with van der Waals surface area (Å²) in [4.78, 5) is 14.4. The highest BCUT2D eigenvalue weighted by atomic mass is 32.2. The zero-order valence-corrected chi connectivity index (χ0v) is 14.8. The van der Waals surface area contributed by atoms with Gasteiger partial charge in [0.05, 0.1) is 18.1 Å². The molecule has 2 fully saturated rings. The van der Waals surface area contributed by atoms with Crippen LogP contribution in [-0.2, 0) is 14.8 Å². The van der Waals surface area contributed by atoms with Gasteiger partial charge in [0.2, 0.25) is 10.0 Å². The van der Waals surface area contributed by atoms with Crippen molar-refractivity contribution in [2.45, 2.75) is 37.1 Å². The van der Waals surface area contributed by atoms with Crippen LogP contribution in [-0.4, -0.2) is 62.4 Å². The van der Waals surface area contributed by atoms with Gasteiger partial charge in [0.1, 0.15) is 0 Å². The first-order valence-corrected chi connectivity index (χ1v) is 9.93. The third-order valence-corrected chi connectivity index (χ3v) is 6.78. The summed E-state index contributed by atoms with van der Waals surface area (Å²) in [7, 11) is -3.49. The summed E-state index contributed by atoms with van der Waals surface area (Å²) in [6.07, 6.45) is 2.87. The molecule has 0 radical (unpaired) electrons. The lowest BCUT2D eigenvalue weighted by Gasteiger charge is -2.32. The van der Waals surface area contributed by atoms with Crippen LogP contribution >= 0.6 is 0 Å². The molecule has 0 N–H and O–H groups in total. The maximum atomic E-state index is 12.8. The first-order valence-electron chi connectivity index (χ1n) is 8.49. The molecule has 0 aromatic heterocycles. The van der Waals surface area contributed by atoms with Crippen LogP contribution in [0.4, 0.5) is 0 Å². The van der Waals surface area contributed by atoms with Crippen molar-refractivity contribution in [1.82, 2.24) is 9.21 Å². The minimum atomic E-state index is -3.49. The normalized spacial score (nSPS) is 23.2. The van der Waals surface area contributed by atoms with Gasteiger partial charge >= 0.3 is 0 Å². The zero-order chi connectivity index (χ0) is 17.2. The van der Waals surface area contributed by atoms with Crippen LogP contribution in [0.2, 0.25) is 0 Å². The molecule has 1 amide bonds. The van der Waals surface area contributed by atoms with Crippen LogP contribution in [0.25, 0.3) is 0 Å². The van der Waals surface area contributed by atoms with E-state index in [0.29, 0.717) is 38.4 Å². The summed E-state index contributed by atoms with van der Waals surface area (Å²) in [5, 5.41) is 0. The number of carbonyl (C=O) groups excluding carboxylic acids is 1. The molecule has 1 atom stereocenters. The first kappa shape index (κ1) is 17.4. The second-order valence-corrected chi connectivity index (χ2v) is 8.28. The van der Waals surface area contributed by atoms with Crippen molar-refractivity contribution in [2.24, 2.45) is 0 Å². The van der Waals surface area contributed by atoms with E-state index in [-0.39, 0.29) is 16.8 Å². The molecule has 2 heterocycles. The van der Waals surface area contributed by atoms with Crippen molar-refractivity contribution in [3.63, 3.8) is 0 Å². The molecule has 0 bridgehead atoms. The average molecular weight is 352 g/mol. The van der Waals surface area contributed by atoms with Gasteiger partial charge in [0.25, 0.3) is 5.91 Å². The molecular weight excluding hydrogens is 328 g/mol. The third-order valence-electron chi connectivity index (χ3n) is 4.75. The maximum absolute atomic E-state index is 12.8. The van der Waals surface area contributed by atoms with Crippen LogP contribution in [0.5, 0.6) is 0 Å². The summed E-state index contributed by atoms with van der Waals surface area (Å²) in [5.74, 6) is -0.0754. The molecule has 7 heteroatoms. The molecule has 2 aliphatic rings. The van der Waals surface area contributed by atoms with Gasteiger partial charge in [-0.3, -0.25) is 4.79 Å². The number of nitrogens with zero attached hydrogens (tertiary/aromatic N) is 2. The van der Waals surface area contributed by atoms with Crippen molar-refractivity contribution in [1.29, 1.82) is 0 Å². The number of rotatable bonds is 3. The Bertz CT molecular complexity index is 681. The van der Waals surface area contributed by atoms with Crippen LogP contribution in [0, 0.1) is 0 Å². The van der Waals surface area contributed by atoms with E-state index in [1.54, 1.807) is 33.5 Å². The lowest BCUT2D eigenvalue weighted by molar-refractivity contribution is 0.0303. The number of hydrogen-bond acceptors (Lipinski definition) is 4. The number of benzene rings is 1. The van der Waals surface area contributed by atoms with E-state index >= 15 is 0 Å². The average Bonchev–Trinajstić information content (AvgIpc) is 2.62. The number of hydrogen-bond donors (Lipinski definition) is 0. The Hall–Kier alpha value is -1.44. The topological polar surface area (TPSA) is 66.9 Å². The number of carbonyl (C=O) groups is 1. The smallest absolute Gasteiger partial charge is 0.254 e. The third kappa shape index (κ3) is 3.48. The van der Waals surface area contributed by atoms with E-state index in [9.17, 15) is 13.2 Å². The summed E-state index contributed by atoms with van der Waals surface area (Å²) in [6.45, 7) is 4.76. The summed E-state index contributed by atoms with van der Waals surface area (Å²) < 4.78 is 32.4. The summed E-state index contributed by atoms with van der Waals surface area (Å²) >= 11 is 0. The zero-order valence-electron chi connectivity index (χ0n) is 14.0. The SMILES string of the molecule is C[C@H]1CCCCN1S(=O)(=O)c1ccc(C(=O)N2CCOCC2)cc1. The number of sulfonamides is 1. The van der Waals surface area contributed by atoms with E-state index in [1.807, 2.05) is 6.92 Å². The highest BCUT2D eigenvalue weighted by Gasteiger charge is 2.31. The van der Waals surface area contributed by atoms with E-state index in [0.717, 1.165) is 19.3 Å². The number of morpholine rings is 1. The number of ether oxygens (including phenoxy) is 1. The van der Waals surface area contributed by atoms with Crippen molar-refractivity contribution in [3.05, 3.63) is 29.8 Å². The Balaban J connectivity index is 1.77. The monoisotopic (exact) mass is 352 g/mol. The van der Waals surface area contributed by atoms with Gasteiger partial charge in [-0.1, -0.05) is 6.42 Å². The Labute approximate surface area is 143 Å². The molecule has 0 aliphatic carbocycles. The van der Waals surface area contributed by atoms with Crippen molar-refractivity contribution in [2.75, 3.05) is 32.8 Å². The highest BCUT2D eigenvalue weighted by Crippen LogP contribution is 2.25. The summed E-state index contributed by atoms with van der Waals surface area (Å²) in [6, 6.07) is 6.34. The van der Waals surface area contributed by atoms with Crippen LogP contribution < -0.4 is 0 Å². The van der Waals surface area contributed by atoms with Crippen molar-refractivity contribution in [3.8, 4) is 0 Å². The molecule has 132 valence electrons. The largest absolute Gasteiger partial charge is 0.378 e. The lowest BCUT2D eigenvalue weighted by Crippen LogP contribution is -2.42. The molecule has 0 unspecified atom stereocenters. The molecule has 1 aromatic rings. The Morgan fingerprint density at radius 3 is 2.38 bits per heavy atom. The fraction of sp³-hybridized carbons (Fsp3) is 0.588. The predicted molar refractivity (Wildman–Crippen MR) is 90.4 cm³/mol. The Morgan fingerprint density at radius 1 is 1.08 bits per heavy atom. The first-order chi connectivity index (χ1) is 11.5.